The van der Waals surface area contributed by atoms with Gasteiger partial charge in [-0.2, -0.15) is 4.98 Å². The van der Waals surface area contributed by atoms with Crippen LogP contribution < -0.4 is 10.5 Å². The van der Waals surface area contributed by atoms with Crippen LogP contribution in [0.1, 0.15) is 0 Å². The summed E-state index contributed by atoms with van der Waals surface area (Å²) in [6, 6.07) is 3.51. The molecule has 0 bridgehead atoms. The lowest BCUT2D eigenvalue weighted by atomic mass is 10.3. The van der Waals surface area contributed by atoms with Gasteiger partial charge >= 0.3 is 0 Å². The predicted octanol–water partition coefficient (Wildman–Crippen LogP) is 3.72. The molecule has 1 heterocycles. The first kappa shape index (κ1) is 14.6. The predicted molar refractivity (Wildman–Crippen MR) is 74.6 cm³/mol. The van der Waals surface area contributed by atoms with Gasteiger partial charge in [0.05, 0.1) is 15.0 Å². The summed E-state index contributed by atoms with van der Waals surface area (Å²) in [6.07, 6.45) is 0. The second-order valence-electron chi connectivity index (χ2n) is 3.48. The molecule has 0 saturated heterocycles. The van der Waals surface area contributed by atoms with E-state index in [0.29, 0.717) is 0 Å². The molecule has 1 aromatic carbocycles. The summed E-state index contributed by atoms with van der Waals surface area (Å²) in [5, 5.41) is 10.6. The zero-order valence-corrected chi connectivity index (χ0v) is 11.8. The number of non-ortho nitro benzene ring substituents is 1. The molecule has 0 aliphatic rings. The number of aromatic nitrogens is 2. The standard InChI is InChI=1S/C10H5Cl3N4O3/c11-5-1-4(17(18)19)2-6(12)9(5)20-8-3-7(13)15-10(14)16-8/h1-3H,(H2,14,15,16). The van der Waals surface area contributed by atoms with Gasteiger partial charge in [0.2, 0.25) is 11.8 Å². The van der Waals surface area contributed by atoms with E-state index in [-0.39, 0.29) is 38.5 Å². The van der Waals surface area contributed by atoms with Crippen molar-refractivity contribution in [2.45, 2.75) is 0 Å². The Kier molecular flexibility index (Phi) is 4.12. The van der Waals surface area contributed by atoms with Crippen LogP contribution in [0.5, 0.6) is 11.6 Å². The largest absolute Gasteiger partial charge is 0.436 e. The van der Waals surface area contributed by atoms with Crippen molar-refractivity contribution in [3.05, 3.63) is 43.5 Å². The molecule has 0 spiro atoms. The van der Waals surface area contributed by atoms with E-state index in [0.717, 1.165) is 12.1 Å². The molecule has 20 heavy (non-hydrogen) atoms. The van der Waals surface area contributed by atoms with E-state index in [1.807, 2.05) is 0 Å². The third-order valence-corrected chi connectivity index (χ3v) is 2.84. The van der Waals surface area contributed by atoms with E-state index in [1.54, 1.807) is 0 Å². The number of nitro groups is 1. The van der Waals surface area contributed by atoms with E-state index in [2.05, 4.69) is 9.97 Å². The van der Waals surface area contributed by atoms with Crippen LogP contribution >= 0.6 is 34.8 Å². The monoisotopic (exact) mass is 334 g/mol. The Morgan fingerprint density at radius 1 is 1.15 bits per heavy atom. The molecule has 0 unspecified atom stereocenters. The van der Waals surface area contributed by atoms with Crippen LogP contribution in [0.15, 0.2) is 18.2 Å². The fourth-order valence-corrected chi connectivity index (χ4v) is 2.05. The number of nitrogen functional groups attached to an aromatic ring is 1. The van der Waals surface area contributed by atoms with Crippen LogP contribution in [0.2, 0.25) is 15.2 Å². The highest BCUT2D eigenvalue weighted by Crippen LogP contribution is 2.39. The van der Waals surface area contributed by atoms with Gasteiger partial charge in [-0.05, 0) is 0 Å². The van der Waals surface area contributed by atoms with Crippen molar-refractivity contribution in [1.82, 2.24) is 9.97 Å². The summed E-state index contributed by atoms with van der Waals surface area (Å²) in [6.45, 7) is 0. The van der Waals surface area contributed by atoms with Gasteiger partial charge in [-0.25, -0.2) is 4.98 Å². The molecule has 0 atom stereocenters. The van der Waals surface area contributed by atoms with Gasteiger partial charge in [-0.3, -0.25) is 10.1 Å². The highest BCUT2D eigenvalue weighted by atomic mass is 35.5. The average Bonchev–Trinajstić information content (AvgIpc) is 2.32. The first-order valence-corrected chi connectivity index (χ1v) is 6.11. The molecule has 2 rings (SSSR count). The zero-order chi connectivity index (χ0) is 14.9. The lowest BCUT2D eigenvalue weighted by Gasteiger charge is -2.09. The van der Waals surface area contributed by atoms with E-state index in [9.17, 15) is 10.1 Å². The average molecular weight is 336 g/mol. The van der Waals surface area contributed by atoms with E-state index in [1.165, 1.54) is 6.07 Å². The molecule has 0 aliphatic heterocycles. The third kappa shape index (κ3) is 3.19. The van der Waals surface area contributed by atoms with E-state index >= 15 is 0 Å². The molecule has 1 aromatic heterocycles. The molecule has 2 aromatic rings. The molecule has 0 fully saturated rings. The number of rotatable bonds is 3. The van der Waals surface area contributed by atoms with Crippen molar-refractivity contribution in [1.29, 1.82) is 0 Å². The number of nitrogens with zero attached hydrogens (tertiary/aromatic N) is 3. The minimum Gasteiger partial charge on any atom is -0.436 e. The van der Waals surface area contributed by atoms with Gasteiger partial charge in [-0.15, -0.1) is 0 Å². The lowest BCUT2D eigenvalue weighted by molar-refractivity contribution is -0.384. The number of benzene rings is 1. The second kappa shape index (κ2) is 5.66. The van der Waals surface area contributed by atoms with Crippen LogP contribution in [-0.2, 0) is 0 Å². The molecule has 2 N–H and O–H groups in total. The van der Waals surface area contributed by atoms with E-state index in [4.69, 9.17) is 45.3 Å². The van der Waals surface area contributed by atoms with Gasteiger partial charge in [0, 0.05) is 18.2 Å². The van der Waals surface area contributed by atoms with Gasteiger partial charge in [0.25, 0.3) is 5.69 Å². The molecule has 0 radical (unpaired) electrons. The first-order valence-electron chi connectivity index (χ1n) is 4.98. The van der Waals surface area contributed by atoms with Crippen LogP contribution in [0.3, 0.4) is 0 Å². The number of anilines is 1. The summed E-state index contributed by atoms with van der Waals surface area (Å²) < 4.78 is 5.33. The van der Waals surface area contributed by atoms with Crippen molar-refractivity contribution in [2.75, 3.05) is 5.73 Å². The maximum absolute atomic E-state index is 10.7. The van der Waals surface area contributed by atoms with Crippen LogP contribution in [-0.4, -0.2) is 14.9 Å². The van der Waals surface area contributed by atoms with Crippen molar-refractivity contribution < 1.29 is 9.66 Å². The Morgan fingerprint density at radius 3 is 2.25 bits per heavy atom. The minimum atomic E-state index is -0.624. The number of hydrogen-bond acceptors (Lipinski definition) is 6. The van der Waals surface area contributed by atoms with Gasteiger partial charge in [0.15, 0.2) is 5.75 Å². The number of nitro benzene ring substituents is 1. The van der Waals surface area contributed by atoms with Gasteiger partial charge < -0.3 is 10.5 Å². The highest BCUT2D eigenvalue weighted by molar-refractivity contribution is 6.37. The smallest absolute Gasteiger partial charge is 0.272 e. The Balaban J connectivity index is 2.41. The lowest BCUT2D eigenvalue weighted by Crippen LogP contribution is -1.98. The molecular weight excluding hydrogens is 330 g/mol. The highest BCUT2D eigenvalue weighted by Gasteiger charge is 2.17. The molecular formula is C10H5Cl3N4O3. The quantitative estimate of drug-likeness (QED) is 0.521. The van der Waals surface area contributed by atoms with Crippen molar-refractivity contribution >= 4 is 46.4 Å². The van der Waals surface area contributed by atoms with Crippen molar-refractivity contribution in [3.63, 3.8) is 0 Å². The molecule has 10 heteroatoms. The second-order valence-corrected chi connectivity index (χ2v) is 4.69. The SMILES string of the molecule is Nc1nc(Cl)cc(Oc2c(Cl)cc([N+](=O)[O-])cc2Cl)n1. The van der Waals surface area contributed by atoms with Gasteiger partial charge in [0.1, 0.15) is 5.15 Å². The molecule has 0 saturated carbocycles. The molecule has 0 amide bonds. The topological polar surface area (TPSA) is 104 Å². The maximum Gasteiger partial charge on any atom is 0.272 e. The summed E-state index contributed by atoms with van der Waals surface area (Å²) in [7, 11) is 0. The Bertz CT molecular complexity index is 652. The summed E-state index contributed by atoms with van der Waals surface area (Å²) in [5.74, 6) is -0.0742. The number of nitrogens with two attached hydrogens (primary N) is 1. The Hall–Kier alpha value is -1.83. The zero-order valence-electron chi connectivity index (χ0n) is 9.51. The summed E-state index contributed by atoms with van der Waals surface area (Å²) >= 11 is 17.5. The maximum atomic E-state index is 10.7. The summed E-state index contributed by atoms with van der Waals surface area (Å²) in [5.41, 5.74) is 5.15. The van der Waals surface area contributed by atoms with Crippen LogP contribution in [0, 0.1) is 10.1 Å². The third-order valence-electron chi connectivity index (χ3n) is 2.09. The van der Waals surface area contributed by atoms with Crippen LogP contribution in [0.4, 0.5) is 11.6 Å². The Morgan fingerprint density at radius 2 is 1.75 bits per heavy atom. The van der Waals surface area contributed by atoms with Gasteiger partial charge in [-0.1, -0.05) is 34.8 Å². The van der Waals surface area contributed by atoms with Crippen LogP contribution in [0.25, 0.3) is 0 Å². The normalized spacial score (nSPS) is 10.3. The minimum absolute atomic E-state index is 0.00750. The fourth-order valence-electron chi connectivity index (χ4n) is 1.32. The molecule has 7 nitrogen and oxygen atoms in total. The first-order chi connectivity index (χ1) is 9.36. The number of halogens is 3. The Labute approximate surface area is 127 Å². The number of hydrogen-bond donors (Lipinski definition) is 1. The van der Waals surface area contributed by atoms with Crippen molar-refractivity contribution in [2.24, 2.45) is 0 Å². The number of ether oxygens (including phenoxy) is 1. The fraction of sp³-hybridized carbons (Fsp3) is 0. The summed E-state index contributed by atoms with van der Waals surface area (Å²) in [4.78, 5) is 17.5. The van der Waals surface area contributed by atoms with Crippen molar-refractivity contribution in [3.8, 4) is 11.6 Å². The van der Waals surface area contributed by atoms with E-state index < -0.39 is 4.92 Å². The molecule has 104 valence electrons. The molecule has 0 aliphatic carbocycles.